The van der Waals surface area contributed by atoms with E-state index >= 15 is 0 Å². The second kappa shape index (κ2) is 5.79. The Morgan fingerprint density at radius 3 is 2.39 bits per heavy atom. The molecule has 0 saturated carbocycles. The molecule has 0 atom stereocenters. The normalized spacial score (nSPS) is 17.9. The Balaban J connectivity index is 2.06. The lowest BCUT2D eigenvalue weighted by Crippen LogP contribution is -2.29. The van der Waals surface area contributed by atoms with Crippen LogP contribution in [0.3, 0.4) is 0 Å². The Morgan fingerprint density at radius 2 is 1.78 bits per heavy atom. The van der Waals surface area contributed by atoms with Crippen molar-refractivity contribution in [1.82, 2.24) is 5.32 Å². The van der Waals surface area contributed by atoms with Crippen molar-refractivity contribution in [3.8, 4) is 0 Å². The lowest BCUT2D eigenvalue weighted by molar-refractivity contribution is 0.0223. The Morgan fingerprint density at radius 1 is 1.17 bits per heavy atom. The number of hydrogen-bond acceptors (Lipinski definition) is 1. The molecule has 1 aromatic rings. The van der Waals surface area contributed by atoms with Gasteiger partial charge >= 0.3 is 0 Å². The minimum atomic E-state index is -2.62. The number of halogens is 2. The van der Waals surface area contributed by atoms with Gasteiger partial charge in [0.05, 0.1) is 0 Å². The van der Waals surface area contributed by atoms with Gasteiger partial charge in [0, 0.05) is 6.42 Å². The Hall–Kier alpha value is -0.960. The van der Waals surface area contributed by atoms with Crippen LogP contribution >= 0.6 is 0 Å². The average molecular weight is 253 g/mol. The summed E-state index contributed by atoms with van der Waals surface area (Å²) in [7, 11) is 0. The molecule has 1 N–H and O–H groups in total. The van der Waals surface area contributed by atoms with Gasteiger partial charge in [0.15, 0.2) is 0 Å². The molecule has 1 nitrogen and oxygen atoms in total. The van der Waals surface area contributed by atoms with Crippen molar-refractivity contribution in [2.45, 2.75) is 38.5 Å². The molecule has 100 valence electrons. The summed E-state index contributed by atoms with van der Waals surface area (Å²) < 4.78 is 26.3. The molecule has 0 bridgehead atoms. The molecule has 0 spiro atoms. The van der Waals surface area contributed by atoms with Gasteiger partial charge in [-0.15, -0.1) is 0 Å². The molecule has 1 fully saturated rings. The number of nitrogens with one attached hydrogen (secondary N) is 1. The van der Waals surface area contributed by atoms with Gasteiger partial charge in [-0.3, -0.25) is 0 Å². The molecule has 2 rings (SSSR count). The molecule has 0 radical (unpaired) electrons. The molecule has 0 aromatic heterocycles. The van der Waals surface area contributed by atoms with Crippen LogP contribution < -0.4 is 5.32 Å². The zero-order valence-corrected chi connectivity index (χ0v) is 10.9. The van der Waals surface area contributed by atoms with Gasteiger partial charge in [0.1, 0.15) is 0 Å². The summed E-state index contributed by atoms with van der Waals surface area (Å²) in [5.41, 5.74) is 1.91. The van der Waals surface area contributed by atoms with Crippen LogP contribution in [0.25, 0.3) is 0 Å². The predicted octanol–water partition coefficient (Wildman–Crippen LogP) is 3.43. The summed E-state index contributed by atoms with van der Waals surface area (Å²) in [6.07, 6.45) is 3.09. The van der Waals surface area contributed by atoms with Crippen molar-refractivity contribution < 1.29 is 8.78 Å². The van der Waals surface area contributed by atoms with E-state index in [2.05, 4.69) is 5.32 Å². The Kier molecular flexibility index (Phi) is 4.33. The van der Waals surface area contributed by atoms with Gasteiger partial charge in [-0.1, -0.05) is 24.3 Å². The van der Waals surface area contributed by atoms with Crippen molar-refractivity contribution in [3.05, 3.63) is 35.4 Å². The van der Waals surface area contributed by atoms with Crippen molar-refractivity contribution >= 4 is 0 Å². The van der Waals surface area contributed by atoms with Crippen LogP contribution in [0, 0.1) is 5.92 Å². The molecule has 1 aliphatic rings. The van der Waals surface area contributed by atoms with E-state index in [0.717, 1.165) is 50.4 Å². The van der Waals surface area contributed by atoms with Crippen LogP contribution in [0.2, 0.25) is 0 Å². The number of benzene rings is 1. The summed E-state index contributed by atoms with van der Waals surface area (Å²) in [5.74, 6) is -1.98. The molecule has 1 heterocycles. The van der Waals surface area contributed by atoms with Crippen LogP contribution in [0.15, 0.2) is 24.3 Å². The lowest BCUT2D eigenvalue weighted by Gasteiger charge is -2.24. The van der Waals surface area contributed by atoms with Gasteiger partial charge in [-0.25, -0.2) is 8.78 Å². The summed E-state index contributed by atoms with van der Waals surface area (Å²) >= 11 is 0. The predicted molar refractivity (Wildman–Crippen MR) is 70.1 cm³/mol. The standard InChI is InChI=1S/C15H21F2N/c1-15(16,17)11-14-5-3-2-4-13(14)10-12-6-8-18-9-7-12/h2-5,12,18H,6-11H2,1H3. The topological polar surface area (TPSA) is 12.0 Å². The quantitative estimate of drug-likeness (QED) is 0.867. The molecule has 3 heteroatoms. The van der Waals surface area contributed by atoms with E-state index in [4.69, 9.17) is 0 Å². The summed E-state index contributed by atoms with van der Waals surface area (Å²) in [5, 5.41) is 3.33. The van der Waals surface area contributed by atoms with Gasteiger partial charge in [-0.2, -0.15) is 0 Å². The number of alkyl halides is 2. The van der Waals surface area contributed by atoms with Crippen molar-refractivity contribution in [1.29, 1.82) is 0 Å². The van der Waals surface area contributed by atoms with E-state index in [1.54, 1.807) is 0 Å². The summed E-state index contributed by atoms with van der Waals surface area (Å²) in [4.78, 5) is 0. The third-order valence-corrected chi connectivity index (χ3v) is 3.59. The first-order chi connectivity index (χ1) is 8.54. The number of rotatable bonds is 4. The maximum atomic E-state index is 13.2. The maximum Gasteiger partial charge on any atom is 0.249 e. The van der Waals surface area contributed by atoms with Crippen molar-refractivity contribution in [2.24, 2.45) is 5.92 Å². The van der Waals surface area contributed by atoms with E-state index in [0.29, 0.717) is 5.92 Å². The first kappa shape index (κ1) is 13.5. The number of hydrogen-bond donors (Lipinski definition) is 1. The van der Waals surface area contributed by atoms with Crippen LogP contribution in [-0.4, -0.2) is 19.0 Å². The minimum Gasteiger partial charge on any atom is -0.317 e. The molecular formula is C15H21F2N. The Labute approximate surface area is 108 Å². The summed E-state index contributed by atoms with van der Waals surface area (Å²) in [6.45, 7) is 3.10. The first-order valence-electron chi connectivity index (χ1n) is 6.70. The molecule has 1 aliphatic heterocycles. The van der Waals surface area contributed by atoms with Gasteiger partial charge in [0.2, 0.25) is 5.92 Å². The highest BCUT2D eigenvalue weighted by atomic mass is 19.3. The van der Waals surface area contributed by atoms with Crippen molar-refractivity contribution in [3.63, 3.8) is 0 Å². The highest BCUT2D eigenvalue weighted by Crippen LogP contribution is 2.25. The average Bonchev–Trinajstić information content (AvgIpc) is 2.31. The smallest absolute Gasteiger partial charge is 0.249 e. The van der Waals surface area contributed by atoms with E-state index in [9.17, 15) is 8.78 Å². The molecule has 1 aromatic carbocycles. The molecule has 0 unspecified atom stereocenters. The highest BCUT2D eigenvalue weighted by Gasteiger charge is 2.24. The molecule has 0 amide bonds. The van der Waals surface area contributed by atoms with E-state index in [1.165, 1.54) is 0 Å². The third kappa shape index (κ3) is 4.05. The van der Waals surface area contributed by atoms with Gasteiger partial charge in [-0.05, 0) is 56.3 Å². The first-order valence-corrected chi connectivity index (χ1v) is 6.70. The largest absolute Gasteiger partial charge is 0.317 e. The zero-order valence-electron chi connectivity index (χ0n) is 10.9. The molecular weight excluding hydrogens is 232 g/mol. The second-order valence-electron chi connectivity index (χ2n) is 5.41. The second-order valence-corrected chi connectivity index (χ2v) is 5.41. The van der Waals surface area contributed by atoms with Gasteiger partial charge in [0.25, 0.3) is 0 Å². The van der Waals surface area contributed by atoms with E-state index < -0.39 is 5.92 Å². The van der Waals surface area contributed by atoms with Crippen LogP contribution in [0.1, 0.15) is 30.9 Å². The highest BCUT2D eigenvalue weighted by molar-refractivity contribution is 5.28. The number of piperidine rings is 1. The molecule has 0 aliphatic carbocycles. The maximum absolute atomic E-state index is 13.2. The summed E-state index contributed by atoms with van der Waals surface area (Å²) in [6, 6.07) is 7.65. The molecule has 1 saturated heterocycles. The van der Waals surface area contributed by atoms with Crippen LogP contribution in [-0.2, 0) is 12.8 Å². The monoisotopic (exact) mass is 253 g/mol. The SMILES string of the molecule is CC(F)(F)Cc1ccccc1CC1CCNCC1. The molecule has 18 heavy (non-hydrogen) atoms. The van der Waals surface area contributed by atoms with Crippen LogP contribution in [0.5, 0.6) is 0 Å². The lowest BCUT2D eigenvalue weighted by atomic mass is 9.88. The van der Waals surface area contributed by atoms with E-state index in [-0.39, 0.29) is 6.42 Å². The fraction of sp³-hybridized carbons (Fsp3) is 0.600. The van der Waals surface area contributed by atoms with Crippen molar-refractivity contribution in [2.75, 3.05) is 13.1 Å². The third-order valence-electron chi connectivity index (χ3n) is 3.59. The zero-order chi connectivity index (χ0) is 13.0. The fourth-order valence-electron chi connectivity index (χ4n) is 2.66. The minimum absolute atomic E-state index is 0.145. The fourth-order valence-corrected chi connectivity index (χ4v) is 2.66. The van der Waals surface area contributed by atoms with Gasteiger partial charge < -0.3 is 5.32 Å². The Bertz CT molecular complexity index is 378. The van der Waals surface area contributed by atoms with E-state index in [1.807, 2.05) is 24.3 Å². The van der Waals surface area contributed by atoms with Crippen LogP contribution in [0.4, 0.5) is 8.78 Å².